The lowest BCUT2D eigenvalue weighted by atomic mass is 9.92. The van der Waals surface area contributed by atoms with Crippen molar-refractivity contribution in [3.05, 3.63) is 18.2 Å². The molecule has 1 aromatic heterocycles. The molecule has 0 radical (unpaired) electrons. The van der Waals surface area contributed by atoms with Crippen molar-refractivity contribution in [2.24, 2.45) is 17.6 Å². The third kappa shape index (κ3) is 3.12. The molecule has 0 saturated carbocycles. The molecule has 1 aromatic rings. The molecule has 18 heavy (non-hydrogen) atoms. The fourth-order valence-corrected chi connectivity index (χ4v) is 2.73. The molecule has 1 fully saturated rings. The van der Waals surface area contributed by atoms with Gasteiger partial charge in [-0.3, -0.25) is 0 Å². The van der Waals surface area contributed by atoms with Gasteiger partial charge in [-0.05, 0) is 24.7 Å². The minimum atomic E-state index is 0.410. The molecule has 4 nitrogen and oxygen atoms in total. The third-order valence-electron chi connectivity index (χ3n) is 3.98. The molecule has 1 aliphatic heterocycles. The summed E-state index contributed by atoms with van der Waals surface area (Å²) in [5, 5.41) is 0. The topological polar surface area (TPSA) is 53.1 Å². The highest BCUT2D eigenvalue weighted by atomic mass is 16.5. The SMILES string of the molecule is CC(C)C(CN)c1cncn1CC1CCOCC1. The summed E-state index contributed by atoms with van der Waals surface area (Å²) < 4.78 is 7.71. The number of imidazole rings is 1. The van der Waals surface area contributed by atoms with Gasteiger partial charge in [0.25, 0.3) is 0 Å². The number of nitrogens with two attached hydrogens (primary N) is 1. The summed E-state index contributed by atoms with van der Waals surface area (Å²) in [6.45, 7) is 8.00. The maximum absolute atomic E-state index is 5.91. The Balaban J connectivity index is 2.06. The molecule has 102 valence electrons. The van der Waals surface area contributed by atoms with Crippen molar-refractivity contribution in [1.82, 2.24) is 9.55 Å². The van der Waals surface area contributed by atoms with E-state index in [0.29, 0.717) is 18.4 Å². The highest BCUT2D eigenvalue weighted by molar-refractivity contribution is 5.08. The second-order valence-electron chi connectivity index (χ2n) is 5.61. The first-order valence-electron chi connectivity index (χ1n) is 7.00. The van der Waals surface area contributed by atoms with E-state index in [2.05, 4.69) is 23.4 Å². The first kappa shape index (κ1) is 13.6. The van der Waals surface area contributed by atoms with Crippen LogP contribution in [0.25, 0.3) is 0 Å². The lowest BCUT2D eigenvalue weighted by Gasteiger charge is -2.26. The number of rotatable bonds is 5. The second-order valence-corrected chi connectivity index (χ2v) is 5.61. The molecule has 0 spiro atoms. The smallest absolute Gasteiger partial charge is 0.0948 e. The van der Waals surface area contributed by atoms with E-state index in [1.54, 1.807) is 0 Å². The lowest BCUT2D eigenvalue weighted by molar-refractivity contribution is 0.0609. The number of hydrogen-bond acceptors (Lipinski definition) is 3. The Bertz CT molecular complexity index is 356. The summed E-state index contributed by atoms with van der Waals surface area (Å²) in [5.41, 5.74) is 7.20. The minimum absolute atomic E-state index is 0.410. The van der Waals surface area contributed by atoms with E-state index in [-0.39, 0.29) is 0 Å². The highest BCUT2D eigenvalue weighted by Crippen LogP contribution is 2.25. The molecule has 1 atom stereocenters. The summed E-state index contributed by atoms with van der Waals surface area (Å²) in [4.78, 5) is 4.32. The van der Waals surface area contributed by atoms with Crippen LogP contribution in [0.5, 0.6) is 0 Å². The first-order valence-corrected chi connectivity index (χ1v) is 7.00. The van der Waals surface area contributed by atoms with E-state index in [4.69, 9.17) is 10.5 Å². The van der Waals surface area contributed by atoms with Crippen LogP contribution in [0, 0.1) is 11.8 Å². The Labute approximate surface area is 110 Å². The van der Waals surface area contributed by atoms with E-state index < -0.39 is 0 Å². The predicted octanol–water partition coefficient (Wildman–Crippen LogP) is 2.01. The van der Waals surface area contributed by atoms with Crippen molar-refractivity contribution in [3.8, 4) is 0 Å². The van der Waals surface area contributed by atoms with E-state index in [9.17, 15) is 0 Å². The van der Waals surface area contributed by atoms with Crippen molar-refractivity contribution >= 4 is 0 Å². The lowest BCUT2D eigenvalue weighted by Crippen LogP contribution is -2.24. The predicted molar refractivity (Wildman–Crippen MR) is 72.4 cm³/mol. The van der Waals surface area contributed by atoms with E-state index >= 15 is 0 Å². The number of hydrogen-bond donors (Lipinski definition) is 1. The highest BCUT2D eigenvalue weighted by Gasteiger charge is 2.21. The maximum atomic E-state index is 5.91. The standard InChI is InChI=1S/C14H25N3O/c1-11(2)13(7-15)14-8-16-10-17(14)9-12-3-5-18-6-4-12/h8,10-13H,3-7,9,15H2,1-2H3. The van der Waals surface area contributed by atoms with Crippen LogP contribution in [0.15, 0.2) is 12.5 Å². The zero-order chi connectivity index (χ0) is 13.0. The minimum Gasteiger partial charge on any atom is -0.381 e. The zero-order valence-electron chi connectivity index (χ0n) is 11.5. The largest absolute Gasteiger partial charge is 0.381 e. The van der Waals surface area contributed by atoms with Gasteiger partial charge in [0.1, 0.15) is 0 Å². The molecule has 2 heterocycles. The summed E-state index contributed by atoms with van der Waals surface area (Å²) in [5.74, 6) is 1.68. The van der Waals surface area contributed by atoms with Crippen molar-refractivity contribution in [2.45, 2.75) is 39.2 Å². The molecule has 2 N–H and O–H groups in total. The Kier molecular flexibility index (Phi) is 4.78. The van der Waals surface area contributed by atoms with Gasteiger partial charge < -0.3 is 15.0 Å². The molecule has 0 amide bonds. The molecule has 4 heteroatoms. The van der Waals surface area contributed by atoms with Gasteiger partial charge in [0, 0.05) is 44.1 Å². The van der Waals surface area contributed by atoms with Gasteiger partial charge in [0.2, 0.25) is 0 Å². The van der Waals surface area contributed by atoms with Crippen LogP contribution in [0.3, 0.4) is 0 Å². The van der Waals surface area contributed by atoms with Gasteiger partial charge in [-0.1, -0.05) is 13.8 Å². The first-order chi connectivity index (χ1) is 8.72. The zero-order valence-corrected chi connectivity index (χ0v) is 11.5. The molecule has 0 bridgehead atoms. The van der Waals surface area contributed by atoms with Crippen molar-refractivity contribution in [2.75, 3.05) is 19.8 Å². The molecule has 1 saturated heterocycles. The van der Waals surface area contributed by atoms with Crippen molar-refractivity contribution < 1.29 is 4.74 Å². The van der Waals surface area contributed by atoms with Crippen LogP contribution in [-0.2, 0) is 11.3 Å². The molecule has 1 unspecified atom stereocenters. The molecule has 1 aliphatic rings. The number of aromatic nitrogens is 2. The van der Waals surface area contributed by atoms with Crippen LogP contribution >= 0.6 is 0 Å². The van der Waals surface area contributed by atoms with Gasteiger partial charge in [0.15, 0.2) is 0 Å². The Hall–Kier alpha value is -0.870. The summed E-state index contributed by atoms with van der Waals surface area (Å²) in [6.07, 6.45) is 6.26. The van der Waals surface area contributed by atoms with Crippen molar-refractivity contribution in [1.29, 1.82) is 0 Å². The summed E-state index contributed by atoms with van der Waals surface area (Å²) >= 11 is 0. The summed E-state index contributed by atoms with van der Waals surface area (Å²) in [6, 6.07) is 0. The Morgan fingerprint density at radius 2 is 2.17 bits per heavy atom. The van der Waals surface area contributed by atoms with Crippen LogP contribution in [0.4, 0.5) is 0 Å². The normalized spacial score (nSPS) is 19.3. The van der Waals surface area contributed by atoms with Crippen LogP contribution in [0.2, 0.25) is 0 Å². The molecular weight excluding hydrogens is 226 g/mol. The van der Waals surface area contributed by atoms with Gasteiger partial charge in [0.05, 0.1) is 6.33 Å². The van der Waals surface area contributed by atoms with Crippen LogP contribution in [0.1, 0.15) is 38.3 Å². The quantitative estimate of drug-likeness (QED) is 0.871. The second kappa shape index (κ2) is 6.34. The van der Waals surface area contributed by atoms with E-state index in [1.807, 2.05) is 12.5 Å². The number of ether oxygens (including phenoxy) is 1. The third-order valence-corrected chi connectivity index (χ3v) is 3.98. The molecule has 0 aromatic carbocycles. The molecule has 2 rings (SSSR count). The number of nitrogens with zero attached hydrogens (tertiary/aromatic N) is 2. The van der Waals surface area contributed by atoms with Gasteiger partial charge in [-0.25, -0.2) is 4.98 Å². The fraction of sp³-hybridized carbons (Fsp3) is 0.786. The van der Waals surface area contributed by atoms with Gasteiger partial charge >= 0.3 is 0 Å². The monoisotopic (exact) mass is 251 g/mol. The maximum Gasteiger partial charge on any atom is 0.0948 e. The van der Waals surface area contributed by atoms with Gasteiger partial charge in [-0.2, -0.15) is 0 Å². The van der Waals surface area contributed by atoms with Crippen LogP contribution in [-0.4, -0.2) is 29.3 Å². The fourth-order valence-electron chi connectivity index (χ4n) is 2.73. The Morgan fingerprint density at radius 3 is 2.78 bits per heavy atom. The van der Waals surface area contributed by atoms with Gasteiger partial charge in [-0.15, -0.1) is 0 Å². The molecule has 0 aliphatic carbocycles. The average molecular weight is 251 g/mol. The Morgan fingerprint density at radius 1 is 1.44 bits per heavy atom. The van der Waals surface area contributed by atoms with E-state index in [0.717, 1.165) is 38.5 Å². The molecular formula is C14H25N3O. The summed E-state index contributed by atoms with van der Waals surface area (Å²) in [7, 11) is 0. The van der Waals surface area contributed by atoms with Crippen molar-refractivity contribution in [3.63, 3.8) is 0 Å². The van der Waals surface area contributed by atoms with Crippen LogP contribution < -0.4 is 5.73 Å². The van der Waals surface area contributed by atoms with E-state index in [1.165, 1.54) is 5.69 Å². The average Bonchev–Trinajstić information content (AvgIpc) is 2.79.